The van der Waals surface area contributed by atoms with Gasteiger partial charge in [0.15, 0.2) is 0 Å². The number of nitrogens with zero attached hydrogens (tertiary/aromatic N) is 3. The molecule has 1 heterocycles. The summed E-state index contributed by atoms with van der Waals surface area (Å²) in [6, 6.07) is 14.6. The molecule has 0 saturated heterocycles. The average Bonchev–Trinajstić information content (AvgIpc) is 2.40. The van der Waals surface area contributed by atoms with E-state index >= 15 is 0 Å². The normalized spacial score (nSPS) is 9.06. The van der Waals surface area contributed by atoms with Gasteiger partial charge in [0.25, 0.3) is 0 Å². The number of anilines is 2. The molecule has 80 valence electrons. The van der Waals surface area contributed by atoms with Gasteiger partial charge in [0.05, 0.1) is 17.2 Å². The Morgan fingerprint density at radius 3 is 2.47 bits per heavy atom. The number of hydrogen-bond donors (Lipinski definition) is 1. The van der Waals surface area contributed by atoms with Crippen LogP contribution < -0.4 is 5.32 Å². The van der Waals surface area contributed by atoms with E-state index in [0.717, 1.165) is 5.69 Å². The van der Waals surface area contributed by atoms with Gasteiger partial charge in [0.1, 0.15) is 11.9 Å². The maximum Gasteiger partial charge on any atom is 0.130 e. The minimum absolute atomic E-state index is 0.515. The zero-order valence-corrected chi connectivity index (χ0v) is 8.88. The first-order chi connectivity index (χ1) is 8.31. The van der Waals surface area contributed by atoms with Crippen LogP contribution in [0, 0.1) is 22.7 Å². The monoisotopic (exact) mass is 220 g/mol. The highest BCUT2D eigenvalue weighted by Gasteiger charge is 1.97. The molecule has 1 N–H and O–H groups in total. The van der Waals surface area contributed by atoms with Gasteiger partial charge < -0.3 is 5.32 Å². The van der Waals surface area contributed by atoms with Crippen LogP contribution in [0.4, 0.5) is 11.5 Å². The molecule has 0 unspecified atom stereocenters. The smallest absolute Gasteiger partial charge is 0.130 e. The summed E-state index contributed by atoms with van der Waals surface area (Å²) >= 11 is 0. The molecule has 4 nitrogen and oxygen atoms in total. The Hall–Kier alpha value is -2.85. The molecule has 0 bridgehead atoms. The fourth-order valence-electron chi connectivity index (χ4n) is 1.35. The Kier molecular flexibility index (Phi) is 3.00. The molecule has 2 rings (SSSR count). The summed E-state index contributed by atoms with van der Waals surface area (Å²) in [5, 5.41) is 20.5. The molecule has 0 aliphatic carbocycles. The highest BCUT2D eigenvalue weighted by Crippen LogP contribution is 2.15. The minimum Gasteiger partial charge on any atom is -0.340 e. The number of nitrogens with one attached hydrogen (secondary N) is 1. The lowest BCUT2D eigenvalue weighted by Gasteiger charge is -2.05. The second kappa shape index (κ2) is 4.78. The zero-order chi connectivity index (χ0) is 12.1. The van der Waals surface area contributed by atoms with Gasteiger partial charge in [-0.2, -0.15) is 10.5 Å². The first-order valence-corrected chi connectivity index (χ1v) is 4.95. The Morgan fingerprint density at radius 1 is 1.00 bits per heavy atom. The molecule has 0 radical (unpaired) electrons. The summed E-state index contributed by atoms with van der Waals surface area (Å²) < 4.78 is 0. The van der Waals surface area contributed by atoms with Crippen molar-refractivity contribution in [2.45, 2.75) is 0 Å². The molecular formula is C13H8N4. The minimum atomic E-state index is 0.515. The van der Waals surface area contributed by atoms with Gasteiger partial charge >= 0.3 is 0 Å². The first kappa shape index (κ1) is 10.7. The number of rotatable bonds is 2. The maximum atomic E-state index is 8.77. The van der Waals surface area contributed by atoms with Crippen molar-refractivity contribution in [2.24, 2.45) is 0 Å². The van der Waals surface area contributed by atoms with Crippen molar-refractivity contribution in [3.05, 3.63) is 53.7 Å². The van der Waals surface area contributed by atoms with Crippen molar-refractivity contribution in [1.82, 2.24) is 4.98 Å². The van der Waals surface area contributed by atoms with E-state index in [2.05, 4.69) is 16.4 Å². The molecule has 0 amide bonds. The molecule has 17 heavy (non-hydrogen) atoms. The number of aromatic nitrogens is 1. The lowest BCUT2D eigenvalue weighted by atomic mass is 10.2. The van der Waals surface area contributed by atoms with E-state index in [1.165, 1.54) is 6.20 Å². The van der Waals surface area contributed by atoms with Gasteiger partial charge in [-0.05, 0) is 30.3 Å². The summed E-state index contributed by atoms with van der Waals surface area (Å²) in [6.45, 7) is 0. The molecule has 0 aliphatic heterocycles. The van der Waals surface area contributed by atoms with Gasteiger partial charge in [0, 0.05) is 11.9 Å². The van der Waals surface area contributed by atoms with Crippen molar-refractivity contribution in [2.75, 3.05) is 5.32 Å². The van der Waals surface area contributed by atoms with Crippen molar-refractivity contribution < 1.29 is 0 Å². The van der Waals surface area contributed by atoms with Crippen LogP contribution in [0.25, 0.3) is 0 Å². The summed E-state index contributed by atoms with van der Waals surface area (Å²) in [7, 11) is 0. The fraction of sp³-hybridized carbons (Fsp3) is 0. The third-order valence-electron chi connectivity index (χ3n) is 2.16. The first-order valence-electron chi connectivity index (χ1n) is 4.95. The van der Waals surface area contributed by atoms with Crippen molar-refractivity contribution in [3.8, 4) is 12.1 Å². The topological polar surface area (TPSA) is 72.5 Å². The number of benzene rings is 1. The summed E-state index contributed by atoms with van der Waals surface area (Å²) in [4.78, 5) is 4.08. The predicted molar refractivity (Wildman–Crippen MR) is 63.4 cm³/mol. The van der Waals surface area contributed by atoms with Crippen LogP contribution in [-0.2, 0) is 0 Å². The van der Waals surface area contributed by atoms with E-state index in [1.54, 1.807) is 30.3 Å². The maximum absolute atomic E-state index is 8.77. The molecule has 1 aromatic carbocycles. The van der Waals surface area contributed by atoms with Crippen LogP contribution in [0.3, 0.4) is 0 Å². The fourth-order valence-corrected chi connectivity index (χ4v) is 1.35. The zero-order valence-electron chi connectivity index (χ0n) is 8.88. The van der Waals surface area contributed by atoms with Crippen LogP contribution in [0.5, 0.6) is 0 Å². The second-order valence-electron chi connectivity index (χ2n) is 3.36. The molecule has 0 aliphatic rings. The van der Waals surface area contributed by atoms with Crippen LogP contribution in [0.1, 0.15) is 11.1 Å². The Labute approximate surface area is 98.8 Å². The molecular weight excluding hydrogens is 212 g/mol. The molecule has 0 saturated carbocycles. The second-order valence-corrected chi connectivity index (χ2v) is 3.36. The molecule has 4 heteroatoms. The Morgan fingerprint density at radius 2 is 1.82 bits per heavy atom. The van der Waals surface area contributed by atoms with Crippen LogP contribution in [-0.4, -0.2) is 4.98 Å². The van der Waals surface area contributed by atoms with Gasteiger partial charge in [-0.1, -0.05) is 6.07 Å². The van der Waals surface area contributed by atoms with Crippen molar-refractivity contribution in [3.63, 3.8) is 0 Å². The summed E-state index contributed by atoms with van der Waals surface area (Å²) in [5.41, 5.74) is 1.89. The Bertz CT molecular complexity index is 603. The largest absolute Gasteiger partial charge is 0.340 e. The van der Waals surface area contributed by atoms with E-state index in [1.807, 2.05) is 12.1 Å². The van der Waals surface area contributed by atoms with E-state index < -0.39 is 0 Å². The third kappa shape index (κ3) is 2.58. The standard InChI is InChI=1S/C13H8N4/c14-7-10-2-1-3-12(6-10)17-13-5-4-11(8-15)9-16-13/h1-6,9H,(H,16,17). The molecule has 0 fully saturated rings. The molecule has 2 aromatic rings. The Balaban J connectivity index is 2.20. The van der Waals surface area contributed by atoms with Gasteiger partial charge in [-0.25, -0.2) is 4.98 Å². The SMILES string of the molecule is N#Cc1ccc(Nc2cccc(C#N)c2)nc1. The molecule has 0 spiro atoms. The average molecular weight is 220 g/mol. The van der Waals surface area contributed by atoms with E-state index in [4.69, 9.17) is 10.5 Å². The number of hydrogen-bond acceptors (Lipinski definition) is 4. The van der Waals surface area contributed by atoms with E-state index in [9.17, 15) is 0 Å². The van der Waals surface area contributed by atoms with Crippen molar-refractivity contribution in [1.29, 1.82) is 10.5 Å². The lowest BCUT2D eigenvalue weighted by molar-refractivity contribution is 1.29. The van der Waals surface area contributed by atoms with Crippen LogP contribution >= 0.6 is 0 Å². The van der Waals surface area contributed by atoms with Crippen LogP contribution in [0.2, 0.25) is 0 Å². The van der Waals surface area contributed by atoms with Crippen molar-refractivity contribution >= 4 is 11.5 Å². The molecule has 1 aromatic heterocycles. The summed E-state index contributed by atoms with van der Waals surface area (Å²) in [6.07, 6.45) is 1.50. The van der Waals surface area contributed by atoms with Crippen LogP contribution in [0.15, 0.2) is 42.6 Å². The third-order valence-corrected chi connectivity index (χ3v) is 2.16. The van der Waals surface area contributed by atoms with Gasteiger partial charge in [-0.15, -0.1) is 0 Å². The highest BCUT2D eigenvalue weighted by atomic mass is 15.0. The highest BCUT2D eigenvalue weighted by molar-refractivity contribution is 5.58. The van der Waals surface area contributed by atoms with Gasteiger partial charge in [-0.3, -0.25) is 0 Å². The predicted octanol–water partition coefficient (Wildman–Crippen LogP) is 2.57. The van der Waals surface area contributed by atoms with E-state index in [0.29, 0.717) is 16.9 Å². The van der Waals surface area contributed by atoms with Gasteiger partial charge in [0.2, 0.25) is 0 Å². The summed E-state index contributed by atoms with van der Waals surface area (Å²) in [5.74, 6) is 0.638. The number of pyridine rings is 1. The van der Waals surface area contributed by atoms with E-state index in [-0.39, 0.29) is 0 Å². The molecule has 0 atom stereocenters. The quantitative estimate of drug-likeness (QED) is 0.844. The lowest BCUT2D eigenvalue weighted by Crippen LogP contribution is -1.93. The number of nitriles is 2.